The van der Waals surface area contributed by atoms with Crippen molar-refractivity contribution in [2.75, 3.05) is 0 Å². The van der Waals surface area contributed by atoms with Gasteiger partial charge in [-0.1, -0.05) is 0 Å². The molecule has 5 heteroatoms. The van der Waals surface area contributed by atoms with E-state index in [4.69, 9.17) is 4.84 Å². The van der Waals surface area contributed by atoms with Gasteiger partial charge < -0.3 is 4.57 Å². The summed E-state index contributed by atoms with van der Waals surface area (Å²) in [6.07, 6.45) is 1.81. The van der Waals surface area contributed by atoms with Crippen LogP contribution in [0, 0.1) is 0 Å². The maximum Gasteiger partial charge on any atom is 0.291 e. The van der Waals surface area contributed by atoms with Gasteiger partial charge in [-0.3, -0.25) is 9.63 Å². The zero-order valence-electron chi connectivity index (χ0n) is 9.30. The predicted molar refractivity (Wildman–Crippen MR) is 61.4 cm³/mol. The summed E-state index contributed by atoms with van der Waals surface area (Å²) in [7, 11) is 1.80. The molecule has 1 heterocycles. The van der Waals surface area contributed by atoms with Crippen molar-refractivity contribution in [3.63, 3.8) is 0 Å². The molecule has 1 rings (SSSR count). The number of amides is 1. The first-order valence-corrected chi connectivity index (χ1v) is 5.39. The number of rotatable bonds is 2. The minimum atomic E-state index is -0.391. The molecule has 1 aromatic rings. The van der Waals surface area contributed by atoms with E-state index in [-0.39, 0.29) is 5.91 Å². The van der Waals surface area contributed by atoms with Gasteiger partial charge in [0.2, 0.25) is 0 Å². The quantitative estimate of drug-likeness (QED) is 0.841. The zero-order chi connectivity index (χ0) is 11.6. The Morgan fingerprint density at radius 1 is 1.53 bits per heavy atom. The van der Waals surface area contributed by atoms with Crippen LogP contribution in [0.15, 0.2) is 16.7 Å². The van der Waals surface area contributed by atoms with Crippen molar-refractivity contribution in [2.45, 2.75) is 26.4 Å². The van der Waals surface area contributed by atoms with E-state index in [0.29, 0.717) is 5.69 Å². The van der Waals surface area contributed by atoms with E-state index in [1.54, 1.807) is 17.7 Å². The van der Waals surface area contributed by atoms with Crippen LogP contribution in [0.25, 0.3) is 0 Å². The standard InChI is InChI=1S/C10H15BrN2O2/c1-10(2,3)15-12-9(14)8-5-7(11)6-13(8)4/h5-6H,1-4H3,(H,12,14). The fraction of sp³-hybridized carbons (Fsp3) is 0.500. The first-order valence-electron chi connectivity index (χ1n) is 4.60. The van der Waals surface area contributed by atoms with Crippen LogP contribution in [0.2, 0.25) is 0 Å². The number of hydroxylamine groups is 1. The monoisotopic (exact) mass is 274 g/mol. The fourth-order valence-electron chi connectivity index (χ4n) is 1.00. The van der Waals surface area contributed by atoms with Gasteiger partial charge in [0.05, 0.1) is 5.60 Å². The van der Waals surface area contributed by atoms with E-state index in [1.165, 1.54) is 0 Å². The van der Waals surface area contributed by atoms with Crippen molar-refractivity contribution < 1.29 is 9.63 Å². The highest BCUT2D eigenvalue weighted by Crippen LogP contribution is 2.14. The molecule has 0 bridgehead atoms. The zero-order valence-corrected chi connectivity index (χ0v) is 10.9. The van der Waals surface area contributed by atoms with Gasteiger partial charge >= 0.3 is 0 Å². The third-order valence-electron chi connectivity index (χ3n) is 1.65. The van der Waals surface area contributed by atoms with E-state index in [1.807, 2.05) is 27.0 Å². The average Bonchev–Trinajstić information content (AvgIpc) is 2.40. The summed E-state index contributed by atoms with van der Waals surface area (Å²) >= 11 is 3.30. The molecule has 0 aliphatic rings. The number of carbonyl (C=O) groups is 1. The van der Waals surface area contributed by atoms with E-state index in [2.05, 4.69) is 21.4 Å². The Kier molecular flexibility index (Phi) is 3.57. The van der Waals surface area contributed by atoms with Crippen molar-refractivity contribution in [3.05, 3.63) is 22.4 Å². The number of hydrogen-bond donors (Lipinski definition) is 1. The van der Waals surface area contributed by atoms with Crippen molar-refractivity contribution >= 4 is 21.8 Å². The molecule has 84 valence electrons. The van der Waals surface area contributed by atoms with Crippen LogP contribution in [0.3, 0.4) is 0 Å². The van der Waals surface area contributed by atoms with Gasteiger partial charge in [0, 0.05) is 17.7 Å². The number of aryl methyl sites for hydroxylation is 1. The van der Waals surface area contributed by atoms with Crippen molar-refractivity contribution in [2.24, 2.45) is 7.05 Å². The Labute approximate surface area is 97.7 Å². The molecular weight excluding hydrogens is 260 g/mol. The van der Waals surface area contributed by atoms with Gasteiger partial charge in [0.15, 0.2) is 0 Å². The summed E-state index contributed by atoms with van der Waals surface area (Å²) in [5.41, 5.74) is 2.57. The maximum atomic E-state index is 11.6. The molecule has 0 aliphatic heterocycles. The van der Waals surface area contributed by atoms with Crippen LogP contribution in [0.1, 0.15) is 31.3 Å². The summed E-state index contributed by atoms with van der Waals surface area (Å²) in [5, 5.41) is 0. The Morgan fingerprint density at radius 2 is 2.13 bits per heavy atom. The second kappa shape index (κ2) is 4.37. The lowest BCUT2D eigenvalue weighted by Crippen LogP contribution is -2.34. The Bertz CT molecular complexity index is 366. The molecule has 0 fully saturated rings. The fourth-order valence-corrected chi connectivity index (χ4v) is 1.53. The number of nitrogens with zero attached hydrogens (tertiary/aromatic N) is 1. The highest BCUT2D eigenvalue weighted by atomic mass is 79.9. The highest BCUT2D eigenvalue weighted by molar-refractivity contribution is 9.10. The normalized spacial score (nSPS) is 11.5. The van der Waals surface area contributed by atoms with E-state index in [9.17, 15) is 4.79 Å². The molecule has 0 saturated heterocycles. The molecule has 1 N–H and O–H groups in total. The van der Waals surface area contributed by atoms with Crippen LogP contribution in [-0.2, 0) is 11.9 Å². The number of carbonyl (C=O) groups excluding carboxylic acids is 1. The van der Waals surface area contributed by atoms with Crippen LogP contribution >= 0.6 is 15.9 Å². The Morgan fingerprint density at radius 3 is 2.53 bits per heavy atom. The van der Waals surface area contributed by atoms with Gasteiger partial charge in [-0.25, -0.2) is 5.48 Å². The van der Waals surface area contributed by atoms with Crippen molar-refractivity contribution in [1.29, 1.82) is 0 Å². The van der Waals surface area contributed by atoms with Gasteiger partial charge in [-0.05, 0) is 42.8 Å². The Hall–Kier alpha value is -0.810. The average molecular weight is 275 g/mol. The number of nitrogens with one attached hydrogen (secondary N) is 1. The van der Waals surface area contributed by atoms with Crippen molar-refractivity contribution in [3.8, 4) is 0 Å². The molecule has 1 aromatic heterocycles. The second-order valence-corrected chi connectivity index (χ2v) is 5.22. The van der Waals surface area contributed by atoms with Gasteiger partial charge in [0.25, 0.3) is 5.91 Å². The summed E-state index contributed by atoms with van der Waals surface area (Å²) in [6, 6.07) is 1.74. The van der Waals surface area contributed by atoms with E-state index in [0.717, 1.165) is 4.47 Å². The smallest absolute Gasteiger partial charge is 0.291 e. The topological polar surface area (TPSA) is 43.3 Å². The van der Waals surface area contributed by atoms with Crippen LogP contribution in [0.5, 0.6) is 0 Å². The molecule has 0 unspecified atom stereocenters. The molecular formula is C10H15BrN2O2. The molecule has 0 aliphatic carbocycles. The second-order valence-electron chi connectivity index (χ2n) is 4.30. The molecule has 4 nitrogen and oxygen atoms in total. The van der Waals surface area contributed by atoms with Crippen molar-refractivity contribution in [1.82, 2.24) is 10.0 Å². The third-order valence-corrected chi connectivity index (χ3v) is 2.09. The molecule has 1 amide bonds. The van der Waals surface area contributed by atoms with Crippen LogP contribution < -0.4 is 5.48 Å². The minimum absolute atomic E-state index is 0.252. The molecule has 0 atom stereocenters. The largest absolute Gasteiger partial charge is 0.345 e. The van der Waals surface area contributed by atoms with Gasteiger partial charge in [-0.2, -0.15) is 0 Å². The highest BCUT2D eigenvalue weighted by Gasteiger charge is 2.16. The first-order chi connectivity index (χ1) is 6.79. The number of aromatic nitrogens is 1. The maximum absolute atomic E-state index is 11.6. The summed E-state index contributed by atoms with van der Waals surface area (Å²) in [5.74, 6) is -0.252. The van der Waals surface area contributed by atoms with Gasteiger partial charge in [-0.15, -0.1) is 0 Å². The summed E-state index contributed by atoms with van der Waals surface area (Å²) in [6.45, 7) is 5.61. The predicted octanol–water partition coefficient (Wildman–Crippen LogP) is 2.25. The van der Waals surface area contributed by atoms with E-state index < -0.39 is 5.60 Å². The lowest BCUT2D eigenvalue weighted by molar-refractivity contribution is -0.0592. The third kappa shape index (κ3) is 3.68. The molecule has 0 spiro atoms. The van der Waals surface area contributed by atoms with Gasteiger partial charge in [0.1, 0.15) is 5.69 Å². The lowest BCUT2D eigenvalue weighted by atomic mass is 10.2. The lowest BCUT2D eigenvalue weighted by Gasteiger charge is -2.18. The first kappa shape index (κ1) is 12.3. The molecule has 0 aromatic carbocycles. The summed E-state index contributed by atoms with van der Waals surface area (Å²) in [4.78, 5) is 16.8. The SMILES string of the molecule is Cn1cc(Br)cc1C(=O)NOC(C)(C)C. The number of hydrogen-bond acceptors (Lipinski definition) is 2. The summed E-state index contributed by atoms with van der Waals surface area (Å²) < 4.78 is 2.59. The van der Waals surface area contributed by atoms with E-state index >= 15 is 0 Å². The number of halogens is 1. The molecule has 15 heavy (non-hydrogen) atoms. The van der Waals surface area contributed by atoms with Crippen LogP contribution in [0.4, 0.5) is 0 Å². The minimum Gasteiger partial charge on any atom is -0.345 e. The molecule has 0 radical (unpaired) electrons. The molecule has 0 saturated carbocycles. The van der Waals surface area contributed by atoms with Crippen LogP contribution in [-0.4, -0.2) is 16.1 Å². The Balaban J connectivity index is 2.66.